The minimum absolute atomic E-state index is 0.0217. The maximum atomic E-state index is 12.0. The van der Waals surface area contributed by atoms with Crippen LogP contribution in [0.1, 0.15) is 0 Å². The summed E-state index contributed by atoms with van der Waals surface area (Å²) in [5.74, 6) is -0.0217. The highest BCUT2D eigenvalue weighted by atomic mass is 16.3. The predicted octanol–water partition coefficient (Wildman–Crippen LogP) is 2.03. The smallest absolute Gasteiger partial charge is 0.261 e. The molecule has 0 saturated heterocycles. The van der Waals surface area contributed by atoms with Crippen molar-refractivity contribution < 1.29 is 5.11 Å². The van der Waals surface area contributed by atoms with E-state index in [0.29, 0.717) is 16.4 Å². The van der Waals surface area contributed by atoms with Crippen molar-refractivity contribution in [3.05, 3.63) is 52.9 Å². The summed E-state index contributed by atoms with van der Waals surface area (Å²) in [6.45, 7) is 0. The second-order valence-corrected chi connectivity index (χ2v) is 4.39. The van der Waals surface area contributed by atoms with Crippen LogP contribution in [0.4, 0.5) is 0 Å². The number of benzene rings is 1. The molecular weight excluding hydrogens is 242 g/mol. The molecule has 0 radical (unpaired) electrons. The maximum absolute atomic E-state index is 12.0. The third-order valence-electron chi connectivity index (χ3n) is 3.29. The minimum Gasteiger partial charge on any atom is -0.507 e. The predicted molar refractivity (Wildman–Crippen MR) is 72.5 cm³/mol. The van der Waals surface area contributed by atoms with Gasteiger partial charge in [0.25, 0.3) is 5.56 Å². The third kappa shape index (κ3) is 1.24. The first-order valence-electron chi connectivity index (χ1n) is 5.86. The van der Waals surface area contributed by atoms with E-state index in [2.05, 4.69) is 9.97 Å². The summed E-state index contributed by atoms with van der Waals surface area (Å²) in [4.78, 5) is 19.1. The van der Waals surface area contributed by atoms with Crippen molar-refractivity contribution in [3.8, 4) is 5.75 Å². The molecule has 5 nitrogen and oxygen atoms in total. The first-order valence-corrected chi connectivity index (χ1v) is 5.86. The number of phenols is 1. The van der Waals surface area contributed by atoms with E-state index >= 15 is 0 Å². The number of nitrogens with one attached hydrogen (secondary N) is 1. The molecule has 1 aromatic carbocycles. The van der Waals surface area contributed by atoms with Gasteiger partial charge in [0.1, 0.15) is 11.4 Å². The van der Waals surface area contributed by atoms with E-state index in [-0.39, 0.29) is 11.3 Å². The number of aromatic nitrogens is 3. The molecule has 0 aliphatic heterocycles. The highest BCUT2D eigenvalue weighted by Crippen LogP contribution is 2.27. The van der Waals surface area contributed by atoms with Crippen LogP contribution in [0.5, 0.6) is 5.75 Å². The van der Waals surface area contributed by atoms with Gasteiger partial charge in [0.05, 0.1) is 10.9 Å². The van der Waals surface area contributed by atoms with Crippen molar-refractivity contribution >= 4 is 27.6 Å². The lowest BCUT2D eigenvalue weighted by Crippen LogP contribution is -2.06. The van der Waals surface area contributed by atoms with Gasteiger partial charge in [-0.2, -0.15) is 0 Å². The van der Waals surface area contributed by atoms with Gasteiger partial charge >= 0.3 is 0 Å². The summed E-state index contributed by atoms with van der Waals surface area (Å²) in [5, 5.41) is 10.9. The molecular formula is C14H9N3O2. The highest BCUT2D eigenvalue weighted by Gasteiger charge is 2.13. The van der Waals surface area contributed by atoms with Gasteiger partial charge in [-0.15, -0.1) is 0 Å². The summed E-state index contributed by atoms with van der Waals surface area (Å²) in [5.41, 5.74) is 1.74. The average Bonchev–Trinajstić information content (AvgIpc) is 2.76. The average molecular weight is 251 g/mol. The van der Waals surface area contributed by atoms with Crippen molar-refractivity contribution in [1.29, 1.82) is 0 Å². The fraction of sp³-hybridized carbons (Fsp3) is 0. The van der Waals surface area contributed by atoms with E-state index in [1.54, 1.807) is 6.07 Å². The zero-order valence-corrected chi connectivity index (χ0v) is 9.79. The monoisotopic (exact) mass is 251 g/mol. The van der Waals surface area contributed by atoms with Gasteiger partial charge in [-0.1, -0.05) is 18.2 Å². The van der Waals surface area contributed by atoms with Crippen LogP contribution in [0.15, 0.2) is 47.4 Å². The molecule has 19 heavy (non-hydrogen) atoms. The van der Waals surface area contributed by atoms with Crippen LogP contribution < -0.4 is 5.56 Å². The molecule has 0 atom stereocenters. The van der Waals surface area contributed by atoms with Crippen molar-refractivity contribution in [2.24, 2.45) is 0 Å². The Morgan fingerprint density at radius 1 is 1.16 bits per heavy atom. The van der Waals surface area contributed by atoms with Gasteiger partial charge in [-0.3, -0.25) is 9.20 Å². The molecule has 92 valence electrons. The summed E-state index contributed by atoms with van der Waals surface area (Å²) in [6.07, 6.45) is 1.88. The molecule has 0 spiro atoms. The van der Waals surface area contributed by atoms with Crippen LogP contribution in [0.2, 0.25) is 0 Å². The Kier molecular flexibility index (Phi) is 1.79. The van der Waals surface area contributed by atoms with Crippen molar-refractivity contribution in [2.45, 2.75) is 0 Å². The molecule has 0 bridgehead atoms. The molecule has 4 rings (SSSR count). The zero-order chi connectivity index (χ0) is 13.0. The van der Waals surface area contributed by atoms with Crippen LogP contribution >= 0.6 is 0 Å². The number of phenolic OH excluding ortho intramolecular Hbond substituents is 1. The molecule has 0 aliphatic carbocycles. The van der Waals surface area contributed by atoms with E-state index in [1.165, 1.54) is 6.07 Å². The van der Waals surface area contributed by atoms with E-state index < -0.39 is 0 Å². The van der Waals surface area contributed by atoms with Crippen molar-refractivity contribution in [2.75, 3.05) is 0 Å². The fourth-order valence-electron chi connectivity index (χ4n) is 2.49. The van der Waals surface area contributed by atoms with Crippen LogP contribution in [0.3, 0.4) is 0 Å². The van der Waals surface area contributed by atoms with Gasteiger partial charge < -0.3 is 10.1 Å². The molecule has 3 heterocycles. The molecule has 0 amide bonds. The Morgan fingerprint density at radius 2 is 2.05 bits per heavy atom. The Morgan fingerprint density at radius 3 is 2.95 bits per heavy atom. The molecule has 0 fully saturated rings. The van der Waals surface area contributed by atoms with Gasteiger partial charge in [0.15, 0.2) is 5.65 Å². The fourth-order valence-corrected chi connectivity index (χ4v) is 2.49. The summed E-state index contributed by atoms with van der Waals surface area (Å²) >= 11 is 0. The number of imidazole rings is 1. The Hall–Kier alpha value is -2.82. The quantitative estimate of drug-likeness (QED) is 0.502. The molecule has 0 aliphatic rings. The molecule has 5 heteroatoms. The summed E-state index contributed by atoms with van der Waals surface area (Å²) in [6, 6.07) is 10.7. The number of hydrogen-bond acceptors (Lipinski definition) is 3. The standard InChI is InChI=1S/C14H9N3O2/c18-9-5-3-4-8-11(9)14(19)16-13-12(8)17-7-2-1-6-10(17)15-13/h1-7,18H,(H,16,19). The lowest BCUT2D eigenvalue weighted by atomic mass is 10.1. The normalized spacial score (nSPS) is 11.6. The van der Waals surface area contributed by atoms with Crippen LogP contribution in [0, 0.1) is 0 Å². The van der Waals surface area contributed by atoms with Gasteiger partial charge in [-0.05, 0) is 18.2 Å². The van der Waals surface area contributed by atoms with Crippen molar-refractivity contribution in [1.82, 2.24) is 14.4 Å². The van der Waals surface area contributed by atoms with E-state index in [0.717, 1.165) is 11.2 Å². The first-order chi connectivity index (χ1) is 9.25. The van der Waals surface area contributed by atoms with E-state index in [4.69, 9.17) is 0 Å². The highest BCUT2D eigenvalue weighted by molar-refractivity contribution is 6.05. The van der Waals surface area contributed by atoms with Crippen LogP contribution in [-0.2, 0) is 0 Å². The number of H-pyrrole nitrogens is 1. The maximum Gasteiger partial charge on any atom is 0.261 e. The lowest BCUT2D eigenvalue weighted by Gasteiger charge is -2.02. The van der Waals surface area contributed by atoms with Gasteiger partial charge in [-0.25, -0.2) is 4.98 Å². The van der Waals surface area contributed by atoms with E-state index in [9.17, 15) is 9.90 Å². The number of fused-ring (bicyclic) bond motifs is 5. The largest absolute Gasteiger partial charge is 0.507 e. The lowest BCUT2D eigenvalue weighted by molar-refractivity contribution is 0.481. The SMILES string of the molecule is O=c1[nH]c2nc3ccccn3c2c2cccc(O)c12. The zero-order valence-electron chi connectivity index (χ0n) is 9.79. The topological polar surface area (TPSA) is 70.4 Å². The molecule has 4 aromatic rings. The summed E-state index contributed by atoms with van der Waals surface area (Å²) < 4.78 is 1.90. The number of rotatable bonds is 0. The second-order valence-electron chi connectivity index (χ2n) is 4.39. The number of hydrogen-bond donors (Lipinski definition) is 2. The number of aromatic hydroxyl groups is 1. The van der Waals surface area contributed by atoms with Gasteiger partial charge in [0, 0.05) is 11.6 Å². The first kappa shape index (κ1) is 10.1. The molecule has 0 saturated carbocycles. The van der Waals surface area contributed by atoms with Crippen LogP contribution in [0.25, 0.3) is 27.6 Å². The number of aromatic amines is 1. The van der Waals surface area contributed by atoms with Crippen LogP contribution in [-0.4, -0.2) is 19.5 Å². The Balaban J connectivity index is 2.43. The summed E-state index contributed by atoms with van der Waals surface area (Å²) in [7, 11) is 0. The number of pyridine rings is 2. The number of nitrogens with zero attached hydrogens (tertiary/aromatic N) is 2. The molecule has 2 N–H and O–H groups in total. The minimum atomic E-state index is -0.330. The van der Waals surface area contributed by atoms with Crippen molar-refractivity contribution in [3.63, 3.8) is 0 Å². The Labute approximate surface area is 106 Å². The van der Waals surface area contributed by atoms with E-state index in [1.807, 2.05) is 34.9 Å². The van der Waals surface area contributed by atoms with Gasteiger partial charge in [0.2, 0.25) is 0 Å². The third-order valence-corrected chi connectivity index (χ3v) is 3.29. The molecule has 3 aromatic heterocycles. The molecule has 0 unspecified atom stereocenters. The second kappa shape index (κ2) is 3.35. The Bertz CT molecular complexity index is 998.